The Morgan fingerprint density at radius 3 is 2.77 bits per heavy atom. The van der Waals surface area contributed by atoms with Crippen LogP contribution in [-0.4, -0.2) is 14.5 Å². The number of benzene rings is 1. The monoisotopic (exact) mass is 310 g/mol. The molecular weight excluding hydrogens is 292 g/mol. The van der Waals surface area contributed by atoms with Crippen LogP contribution in [0.4, 0.5) is 5.69 Å². The zero-order valence-electron chi connectivity index (χ0n) is 12.7. The minimum absolute atomic E-state index is 0.786. The molecule has 0 aliphatic carbocycles. The molecule has 0 radical (unpaired) electrons. The Labute approximate surface area is 134 Å². The molecule has 0 aliphatic rings. The first-order chi connectivity index (χ1) is 10.6. The molecule has 2 heterocycles. The Kier molecular flexibility index (Phi) is 4.15. The molecule has 4 nitrogen and oxygen atoms in total. The van der Waals surface area contributed by atoms with Crippen LogP contribution < -0.4 is 5.73 Å². The number of aromatic nitrogens is 3. The smallest absolute Gasteiger partial charge is 0.174 e. The largest absolute Gasteiger partial charge is 0.398 e. The predicted octanol–water partition coefficient (Wildman–Crippen LogP) is 3.76. The van der Waals surface area contributed by atoms with E-state index in [4.69, 9.17) is 5.73 Å². The van der Waals surface area contributed by atoms with Gasteiger partial charge in [0, 0.05) is 29.5 Å². The third-order valence-corrected chi connectivity index (χ3v) is 4.37. The van der Waals surface area contributed by atoms with Crippen molar-refractivity contribution < 1.29 is 0 Å². The lowest BCUT2D eigenvalue weighted by atomic mass is 10.2. The lowest BCUT2D eigenvalue weighted by molar-refractivity contribution is 0.855. The van der Waals surface area contributed by atoms with Gasteiger partial charge in [0.15, 0.2) is 5.16 Å². The van der Waals surface area contributed by atoms with Gasteiger partial charge in [0.1, 0.15) is 5.82 Å². The second kappa shape index (κ2) is 6.23. The van der Waals surface area contributed by atoms with E-state index in [1.807, 2.05) is 42.0 Å². The van der Waals surface area contributed by atoms with Crippen molar-refractivity contribution in [1.82, 2.24) is 14.5 Å². The zero-order chi connectivity index (χ0) is 15.5. The molecule has 3 aromatic rings. The van der Waals surface area contributed by atoms with Crippen molar-refractivity contribution >= 4 is 17.4 Å². The van der Waals surface area contributed by atoms with Gasteiger partial charge in [-0.1, -0.05) is 30.0 Å². The van der Waals surface area contributed by atoms with Crippen LogP contribution in [0.2, 0.25) is 0 Å². The van der Waals surface area contributed by atoms with Crippen LogP contribution in [0.25, 0.3) is 5.82 Å². The molecule has 0 aliphatic heterocycles. The summed E-state index contributed by atoms with van der Waals surface area (Å²) in [5.41, 5.74) is 10.1. The Balaban J connectivity index is 1.85. The number of pyridine rings is 1. The molecule has 0 saturated heterocycles. The summed E-state index contributed by atoms with van der Waals surface area (Å²) < 4.78 is 2.02. The molecule has 0 amide bonds. The van der Waals surface area contributed by atoms with Crippen molar-refractivity contribution in [2.24, 2.45) is 0 Å². The number of thioether (sulfide) groups is 1. The van der Waals surface area contributed by atoms with E-state index >= 15 is 0 Å². The van der Waals surface area contributed by atoms with Gasteiger partial charge in [-0.05, 0) is 43.2 Å². The van der Waals surface area contributed by atoms with Crippen molar-refractivity contribution in [2.45, 2.75) is 24.8 Å². The second-order valence-electron chi connectivity index (χ2n) is 5.21. The number of anilines is 1. The molecule has 3 rings (SSSR count). The number of hydrogen-bond donors (Lipinski definition) is 1. The minimum atomic E-state index is 0.786. The summed E-state index contributed by atoms with van der Waals surface area (Å²) in [7, 11) is 0. The fourth-order valence-corrected chi connectivity index (χ4v) is 3.30. The number of nitrogens with zero attached hydrogens (tertiary/aromatic N) is 3. The number of aryl methyl sites for hydroxylation is 2. The van der Waals surface area contributed by atoms with E-state index in [2.05, 4.69) is 29.0 Å². The summed E-state index contributed by atoms with van der Waals surface area (Å²) in [5.74, 6) is 1.69. The summed E-state index contributed by atoms with van der Waals surface area (Å²) in [6, 6.07) is 12.1. The van der Waals surface area contributed by atoms with Crippen LogP contribution in [0.15, 0.2) is 53.9 Å². The van der Waals surface area contributed by atoms with Crippen molar-refractivity contribution in [3.63, 3.8) is 0 Å². The molecule has 2 N–H and O–H groups in total. The van der Waals surface area contributed by atoms with Crippen molar-refractivity contribution in [3.05, 3.63) is 65.6 Å². The summed E-state index contributed by atoms with van der Waals surface area (Å²) in [5, 5.41) is 0.917. The first kappa shape index (κ1) is 14.7. The normalized spacial score (nSPS) is 10.8. The van der Waals surface area contributed by atoms with Gasteiger partial charge < -0.3 is 5.73 Å². The van der Waals surface area contributed by atoms with Crippen molar-refractivity contribution in [3.8, 4) is 5.82 Å². The summed E-state index contributed by atoms with van der Waals surface area (Å²) in [6.45, 7) is 4.08. The highest BCUT2D eigenvalue weighted by molar-refractivity contribution is 7.98. The van der Waals surface area contributed by atoms with Crippen molar-refractivity contribution in [2.75, 3.05) is 5.73 Å². The highest BCUT2D eigenvalue weighted by atomic mass is 32.2. The summed E-state index contributed by atoms with van der Waals surface area (Å²) >= 11 is 1.66. The average Bonchev–Trinajstić information content (AvgIpc) is 2.94. The van der Waals surface area contributed by atoms with Crippen LogP contribution >= 0.6 is 11.8 Å². The quantitative estimate of drug-likeness (QED) is 0.589. The van der Waals surface area contributed by atoms with E-state index in [1.165, 1.54) is 5.56 Å². The second-order valence-corrected chi connectivity index (χ2v) is 6.15. The Morgan fingerprint density at radius 2 is 2.00 bits per heavy atom. The van der Waals surface area contributed by atoms with Gasteiger partial charge in [-0.3, -0.25) is 4.57 Å². The minimum Gasteiger partial charge on any atom is -0.398 e. The van der Waals surface area contributed by atoms with Gasteiger partial charge in [-0.15, -0.1) is 0 Å². The van der Waals surface area contributed by atoms with E-state index in [9.17, 15) is 0 Å². The molecule has 1 aromatic carbocycles. The predicted molar refractivity (Wildman–Crippen MR) is 91.2 cm³/mol. The molecule has 0 spiro atoms. The van der Waals surface area contributed by atoms with Gasteiger partial charge in [-0.2, -0.15) is 0 Å². The standard InChI is InChI=1S/C17H18N4S/c1-12-9-13(2)20-16(10-12)21-8-7-19-17(21)22-11-14-5-3-4-6-15(14)18/h3-10H,11,18H2,1-2H3. The van der Waals surface area contributed by atoms with Crippen molar-refractivity contribution in [1.29, 1.82) is 0 Å². The maximum absolute atomic E-state index is 6.00. The Morgan fingerprint density at radius 1 is 1.18 bits per heavy atom. The molecular formula is C17H18N4S. The van der Waals surface area contributed by atoms with Gasteiger partial charge in [0.05, 0.1) is 0 Å². The van der Waals surface area contributed by atoms with Crippen LogP contribution in [0, 0.1) is 13.8 Å². The van der Waals surface area contributed by atoms with Gasteiger partial charge in [0.25, 0.3) is 0 Å². The van der Waals surface area contributed by atoms with E-state index in [0.717, 1.165) is 33.7 Å². The third kappa shape index (κ3) is 3.14. The lowest BCUT2D eigenvalue weighted by Crippen LogP contribution is -2.01. The summed E-state index contributed by atoms with van der Waals surface area (Å²) in [4.78, 5) is 9.04. The van der Waals surface area contributed by atoms with E-state index < -0.39 is 0 Å². The molecule has 0 atom stereocenters. The van der Waals surface area contributed by atoms with Crippen LogP contribution in [0.3, 0.4) is 0 Å². The van der Waals surface area contributed by atoms with Crippen LogP contribution in [0.5, 0.6) is 0 Å². The number of hydrogen-bond acceptors (Lipinski definition) is 4. The van der Waals surface area contributed by atoms with Gasteiger partial charge >= 0.3 is 0 Å². The molecule has 0 unspecified atom stereocenters. The molecule has 22 heavy (non-hydrogen) atoms. The summed E-state index contributed by atoms with van der Waals surface area (Å²) in [6.07, 6.45) is 3.74. The number of nitrogens with two attached hydrogens (primary N) is 1. The topological polar surface area (TPSA) is 56.7 Å². The number of imidazole rings is 1. The Hall–Kier alpha value is -2.27. The number of rotatable bonds is 4. The Bertz CT molecular complexity index is 775. The first-order valence-corrected chi connectivity index (χ1v) is 8.07. The SMILES string of the molecule is Cc1cc(C)nc(-n2ccnc2SCc2ccccc2N)c1. The third-order valence-electron chi connectivity index (χ3n) is 3.35. The van der Waals surface area contributed by atoms with Gasteiger partial charge in [0.2, 0.25) is 0 Å². The molecule has 0 fully saturated rings. The van der Waals surface area contributed by atoms with E-state index in [1.54, 1.807) is 18.0 Å². The lowest BCUT2D eigenvalue weighted by Gasteiger charge is -2.09. The molecule has 5 heteroatoms. The number of para-hydroxylation sites is 1. The van der Waals surface area contributed by atoms with E-state index in [0.29, 0.717) is 0 Å². The fourth-order valence-electron chi connectivity index (χ4n) is 2.32. The average molecular weight is 310 g/mol. The molecule has 112 valence electrons. The highest BCUT2D eigenvalue weighted by Gasteiger charge is 2.09. The molecule has 2 aromatic heterocycles. The zero-order valence-corrected chi connectivity index (χ0v) is 13.5. The van der Waals surface area contributed by atoms with Crippen LogP contribution in [-0.2, 0) is 5.75 Å². The molecule has 0 bridgehead atoms. The van der Waals surface area contributed by atoms with E-state index in [-0.39, 0.29) is 0 Å². The first-order valence-electron chi connectivity index (χ1n) is 7.08. The maximum Gasteiger partial charge on any atom is 0.174 e. The maximum atomic E-state index is 6.00. The van der Waals surface area contributed by atoms with Gasteiger partial charge in [-0.25, -0.2) is 9.97 Å². The van der Waals surface area contributed by atoms with Crippen LogP contribution in [0.1, 0.15) is 16.8 Å². The highest BCUT2D eigenvalue weighted by Crippen LogP contribution is 2.26. The fraction of sp³-hybridized carbons (Fsp3) is 0.176. The molecule has 0 saturated carbocycles. The number of nitrogen functional groups attached to an aromatic ring is 1.